The molecule has 0 aromatic rings. The third-order valence-corrected chi connectivity index (χ3v) is 4.37. The highest BCUT2D eigenvalue weighted by Crippen LogP contribution is 2.31. The standard InChI is InChI=1S/C14H24N2O2/c17-14(12-5-7-18-10-12)16(8-11-3-4-11)9-13-2-1-6-15-13/h11-13,15H,1-10H2. The largest absolute Gasteiger partial charge is 0.381 e. The van der Waals surface area contributed by atoms with Gasteiger partial charge in [-0.25, -0.2) is 0 Å². The summed E-state index contributed by atoms with van der Waals surface area (Å²) >= 11 is 0. The van der Waals surface area contributed by atoms with Crippen LogP contribution in [0.4, 0.5) is 0 Å². The minimum absolute atomic E-state index is 0.130. The zero-order valence-corrected chi connectivity index (χ0v) is 11.1. The van der Waals surface area contributed by atoms with Crippen LogP contribution in [0.3, 0.4) is 0 Å². The molecule has 2 aliphatic heterocycles. The van der Waals surface area contributed by atoms with Crippen molar-refractivity contribution in [1.29, 1.82) is 0 Å². The van der Waals surface area contributed by atoms with E-state index < -0.39 is 0 Å². The third kappa shape index (κ3) is 3.04. The van der Waals surface area contributed by atoms with Crippen molar-refractivity contribution >= 4 is 5.91 Å². The van der Waals surface area contributed by atoms with Gasteiger partial charge in [-0.2, -0.15) is 0 Å². The van der Waals surface area contributed by atoms with Crippen LogP contribution in [0.2, 0.25) is 0 Å². The van der Waals surface area contributed by atoms with Crippen LogP contribution in [-0.2, 0) is 9.53 Å². The van der Waals surface area contributed by atoms with Gasteiger partial charge in [-0.3, -0.25) is 4.79 Å². The fourth-order valence-electron chi connectivity index (χ4n) is 3.03. The highest BCUT2D eigenvalue weighted by atomic mass is 16.5. The van der Waals surface area contributed by atoms with Gasteiger partial charge in [0.2, 0.25) is 5.91 Å². The summed E-state index contributed by atoms with van der Waals surface area (Å²) in [4.78, 5) is 14.6. The van der Waals surface area contributed by atoms with Crippen LogP contribution in [0, 0.1) is 11.8 Å². The molecular weight excluding hydrogens is 228 g/mol. The Balaban J connectivity index is 1.57. The predicted octanol–water partition coefficient (Wildman–Crippen LogP) is 1.01. The molecule has 1 aliphatic carbocycles. The number of nitrogens with one attached hydrogen (secondary N) is 1. The topological polar surface area (TPSA) is 41.6 Å². The number of hydrogen-bond acceptors (Lipinski definition) is 3. The van der Waals surface area contributed by atoms with Crippen LogP contribution in [0.15, 0.2) is 0 Å². The zero-order chi connectivity index (χ0) is 12.4. The van der Waals surface area contributed by atoms with Crippen molar-refractivity contribution in [2.24, 2.45) is 11.8 Å². The van der Waals surface area contributed by atoms with Crippen LogP contribution in [0.5, 0.6) is 0 Å². The fourth-order valence-corrected chi connectivity index (χ4v) is 3.03. The van der Waals surface area contributed by atoms with Gasteiger partial charge >= 0.3 is 0 Å². The summed E-state index contributed by atoms with van der Waals surface area (Å²) in [5, 5.41) is 3.50. The maximum Gasteiger partial charge on any atom is 0.228 e. The molecule has 2 atom stereocenters. The van der Waals surface area contributed by atoms with Crippen LogP contribution in [0.1, 0.15) is 32.1 Å². The summed E-state index contributed by atoms with van der Waals surface area (Å²) in [6.45, 7) is 4.40. The zero-order valence-electron chi connectivity index (χ0n) is 11.1. The molecule has 0 bridgehead atoms. The van der Waals surface area contributed by atoms with E-state index in [1.54, 1.807) is 0 Å². The molecule has 0 spiro atoms. The highest BCUT2D eigenvalue weighted by molar-refractivity contribution is 5.79. The number of rotatable bonds is 5. The summed E-state index contributed by atoms with van der Waals surface area (Å²) in [6.07, 6.45) is 6.00. The second kappa shape index (κ2) is 5.57. The Morgan fingerprint density at radius 2 is 2.11 bits per heavy atom. The van der Waals surface area contributed by atoms with Crippen LogP contribution in [-0.4, -0.2) is 49.7 Å². The maximum atomic E-state index is 12.5. The first-order valence-corrected chi connectivity index (χ1v) is 7.43. The van der Waals surface area contributed by atoms with E-state index in [9.17, 15) is 4.79 Å². The molecule has 4 heteroatoms. The Kier molecular flexibility index (Phi) is 3.85. The van der Waals surface area contributed by atoms with Gasteiger partial charge in [0.25, 0.3) is 0 Å². The Labute approximate surface area is 109 Å². The summed E-state index contributed by atoms with van der Waals surface area (Å²) < 4.78 is 5.36. The van der Waals surface area contributed by atoms with Crippen molar-refractivity contribution in [3.63, 3.8) is 0 Å². The lowest BCUT2D eigenvalue weighted by Gasteiger charge is -2.28. The molecule has 0 radical (unpaired) electrons. The number of hydrogen-bond donors (Lipinski definition) is 1. The average molecular weight is 252 g/mol. The second-order valence-electron chi connectivity index (χ2n) is 6.04. The van der Waals surface area contributed by atoms with E-state index in [0.29, 0.717) is 18.6 Å². The number of nitrogens with zero attached hydrogens (tertiary/aromatic N) is 1. The number of amides is 1. The molecule has 0 aromatic heterocycles. The lowest BCUT2D eigenvalue weighted by molar-refractivity contribution is -0.136. The van der Waals surface area contributed by atoms with E-state index >= 15 is 0 Å². The number of carbonyl (C=O) groups excluding carboxylic acids is 1. The quantitative estimate of drug-likeness (QED) is 0.794. The van der Waals surface area contributed by atoms with E-state index in [4.69, 9.17) is 4.74 Å². The van der Waals surface area contributed by atoms with Gasteiger partial charge in [0.15, 0.2) is 0 Å². The third-order valence-electron chi connectivity index (χ3n) is 4.37. The molecule has 4 nitrogen and oxygen atoms in total. The summed E-state index contributed by atoms with van der Waals surface area (Å²) in [6, 6.07) is 0.523. The van der Waals surface area contributed by atoms with E-state index in [1.807, 2.05) is 0 Å². The molecule has 3 aliphatic rings. The SMILES string of the molecule is O=C(C1CCOC1)N(CC1CC1)CC1CCCN1. The van der Waals surface area contributed by atoms with E-state index in [0.717, 1.165) is 38.6 Å². The van der Waals surface area contributed by atoms with Gasteiger partial charge in [0.1, 0.15) is 0 Å². The highest BCUT2D eigenvalue weighted by Gasteiger charge is 2.33. The van der Waals surface area contributed by atoms with Crippen molar-refractivity contribution in [2.45, 2.75) is 38.1 Å². The minimum Gasteiger partial charge on any atom is -0.381 e. The van der Waals surface area contributed by atoms with Gasteiger partial charge in [-0.15, -0.1) is 0 Å². The Bertz CT molecular complexity index is 292. The lowest BCUT2D eigenvalue weighted by atomic mass is 10.1. The normalized spacial score (nSPS) is 31.8. The second-order valence-corrected chi connectivity index (χ2v) is 6.04. The van der Waals surface area contributed by atoms with E-state index in [-0.39, 0.29) is 5.92 Å². The molecule has 102 valence electrons. The van der Waals surface area contributed by atoms with Crippen molar-refractivity contribution < 1.29 is 9.53 Å². The summed E-state index contributed by atoms with van der Waals surface area (Å²) in [5.74, 6) is 1.25. The predicted molar refractivity (Wildman–Crippen MR) is 69.3 cm³/mol. The molecule has 0 aromatic carbocycles. The van der Waals surface area contributed by atoms with Crippen molar-refractivity contribution in [3.8, 4) is 0 Å². The maximum absolute atomic E-state index is 12.5. The first kappa shape index (κ1) is 12.4. The average Bonchev–Trinajstić information content (AvgIpc) is 2.88. The first-order chi connectivity index (χ1) is 8.83. The molecule has 3 fully saturated rings. The molecule has 18 heavy (non-hydrogen) atoms. The van der Waals surface area contributed by atoms with E-state index in [2.05, 4.69) is 10.2 Å². The molecule has 2 saturated heterocycles. The Hall–Kier alpha value is -0.610. The Morgan fingerprint density at radius 1 is 1.22 bits per heavy atom. The van der Waals surface area contributed by atoms with Crippen molar-refractivity contribution in [2.75, 3.05) is 32.8 Å². The number of carbonyl (C=O) groups is 1. The smallest absolute Gasteiger partial charge is 0.228 e. The van der Waals surface area contributed by atoms with Gasteiger partial charge < -0.3 is 15.0 Å². The molecule has 1 amide bonds. The summed E-state index contributed by atoms with van der Waals surface area (Å²) in [7, 11) is 0. The monoisotopic (exact) mass is 252 g/mol. The molecule has 3 rings (SSSR count). The van der Waals surface area contributed by atoms with Gasteiger partial charge in [-0.05, 0) is 44.6 Å². The van der Waals surface area contributed by atoms with Gasteiger partial charge in [-0.1, -0.05) is 0 Å². The number of ether oxygens (including phenoxy) is 1. The van der Waals surface area contributed by atoms with E-state index in [1.165, 1.54) is 25.7 Å². The van der Waals surface area contributed by atoms with Crippen molar-refractivity contribution in [1.82, 2.24) is 10.2 Å². The molecule has 1 N–H and O–H groups in total. The van der Waals surface area contributed by atoms with Crippen LogP contribution < -0.4 is 5.32 Å². The minimum atomic E-state index is 0.130. The fraction of sp³-hybridized carbons (Fsp3) is 0.929. The van der Waals surface area contributed by atoms with Gasteiger partial charge in [0.05, 0.1) is 12.5 Å². The first-order valence-electron chi connectivity index (χ1n) is 7.43. The molecular formula is C14H24N2O2. The summed E-state index contributed by atoms with van der Waals surface area (Å²) in [5.41, 5.74) is 0. The van der Waals surface area contributed by atoms with Crippen LogP contribution >= 0.6 is 0 Å². The molecule has 2 heterocycles. The lowest BCUT2D eigenvalue weighted by Crippen LogP contribution is -2.44. The molecule has 1 saturated carbocycles. The van der Waals surface area contributed by atoms with Gasteiger partial charge in [0, 0.05) is 25.7 Å². The van der Waals surface area contributed by atoms with Crippen molar-refractivity contribution in [3.05, 3.63) is 0 Å². The Morgan fingerprint density at radius 3 is 2.72 bits per heavy atom. The molecule has 2 unspecified atom stereocenters. The van der Waals surface area contributed by atoms with Crippen LogP contribution in [0.25, 0.3) is 0 Å².